The maximum absolute atomic E-state index is 13.4. The molecule has 11 heteroatoms. The first-order chi connectivity index (χ1) is 14.5. The summed E-state index contributed by atoms with van der Waals surface area (Å²) in [5, 5.41) is 10.8. The van der Waals surface area contributed by atoms with Crippen LogP contribution in [0.15, 0.2) is 29.6 Å². The van der Waals surface area contributed by atoms with Crippen molar-refractivity contribution < 1.29 is 23.9 Å². The summed E-state index contributed by atoms with van der Waals surface area (Å²) in [6.07, 6.45) is -1.44. The number of aliphatic hydroxyl groups excluding tert-OH is 1. The van der Waals surface area contributed by atoms with E-state index in [0.717, 1.165) is 11.0 Å². The molecule has 31 heavy (non-hydrogen) atoms. The Morgan fingerprint density at radius 1 is 1.29 bits per heavy atom. The van der Waals surface area contributed by atoms with Gasteiger partial charge < -0.3 is 21.5 Å². The van der Waals surface area contributed by atoms with Gasteiger partial charge in [-0.15, -0.1) is 0 Å². The molecule has 1 aromatic rings. The van der Waals surface area contributed by atoms with Crippen LogP contribution < -0.4 is 11.5 Å². The number of benzene rings is 1. The van der Waals surface area contributed by atoms with Gasteiger partial charge in [-0.25, -0.2) is 4.39 Å². The number of nitrogens with two attached hydrogens (primary N) is 2. The second kappa shape index (κ2) is 10.1. The SMILES string of the molecule is CCN1C(=O)C(C(=O)CN(CC(N)=O)C(C)C)=C(N)N(Cc2ccc(F)cc2Cl)C1O. The lowest BCUT2D eigenvalue weighted by atomic mass is 10.0. The Labute approximate surface area is 185 Å². The quantitative estimate of drug-likeness (QED) is 0.457. The Hall–Kier alpha value is -2.69. The monoisotopic (exact) mass is 455 g/mol. The van der Waals surface area contributed by atoms with Crippen molar-refractivity contribution in [2.45, 2.75) is 39.7 Å². The van der Waals surface area contributed by atoms with E-state index in [-0.39, 0.29) is 48.6 Å². The van der Waals surface area contributed by atoms with Gasteiger partial charge in [0.1, 0.15) is 17.2 Å². The predicted molar refractivity (Wildman–Crippen MR) is 112 cm³/mol. The van der Waals surface area contributed by atoms with Crippen molar-refractivity contribution in [1.29, 1.82) is 0 Å². The summed E-state index contributed by atoms with van der Waals surface area (Å²) in [5.41, 5.74) is 11.5. The van der Waals surface area contributed by atoms with E-state index in [1.54, 1.807) is 20.8 Å². The van der Waals surface area contributed by atoms with Crippen molar-refractivity contribution in [3.8, 4) is 0 Å². The van der Waals surface area contributed by atoms with Crippen LogP contribution in [0.2, 0.25) is 5.02 Å². The van der Waals surface area contributed by atoms with E-state index in [2.05, 4.69) is 0 Å². The van der Waals surface area contributed by atoms with Gasteiger partial charge in [0, 0.05) is 17.6 Å². The van der Waals surface area contributed by atoms with E-state index in [1.807, 2.05) is 0 Å². The Kier molecular flexibility index (Phi) is 7.99. The molecule has 0 bridgehead atoms. The molecule has 1 aliphatic rings. The van der Waals surface area contributed by atoms with E-state index in [4.69, 9.17) is 23.1 Å². The van der Waals surface area contributed by atoms with Crippen LogP contribution in [0.1, 0.15) is 26.3 Å². The molecule has 0 saturated heterocycles. The van der Waals surface area contributed by atoms with Crippen LogP contribution in [0.4, 0.5) is 4.39 Å². The Balaban J connectivity index is 2.43. The zero-order chi connectivity index (χ0) is 23.5. The second-order valence-corrected chi connectivity index (χ2v) is 7.86. The number of carbonyl (C=O) groups is 3. The lowest BCUT2D eigenvalue weighted by Gasteiger charge is -2.42. The standard InChI is InChI=1S/C20H27ClFN5O4/c1-4-26-19(30)17(15(28)9-25(11(2)3)10-16(23)29)18(24)27(20(26)31)8-12-5-6-13(22)7-14(12)21/h5-7,11,20,31H,4,8-10,24H2,1-3H3,(H2,23,29). The molecule has 1 aliphatic heterocycles. The number of primary amides is 1. The van der Waals surface area contributed by atoms with Gasteiger partial charge >= 0.3 is 0 Å². The highest BCUT2D eigenvalue weighted by Gasteiger charge is 2.40. The topological polar surface area (TPSA) is 133 Å². The second-order valence-electron chi connectivity index (χ2n) is 7.45. The van der Waals surface area contributed by atoms with Crippen molar-refractivity contribution in [1.82, 2.24) is 14.7 Å². The molecular weight excluding hydrogens is 429 g/mol. The molecule has 9 nitrogen and oxygen atoms in total. The average molecular weight is 456 g/mol. The Morgan fingerprint density at radius 3 is 2.45 bits per heavy atom. The molecule has 0 aliphatic carbocycles. The zero-order valence-electron chi connectivity index (χ0n) is 17.6. The van der Waals surface area contributed by atoms with Crippen molar-refractivity contribution in [3.63, 3.8) is 0 Å². The van der Waals surface area contributed by atoms with Crippen LogP contribution in [0.25, 0.3) is 0 Å². The summed E-state index contributed by atoms with van der Waals surface area (Å²) < 4.78 is 13.4. The number of halogens is 2. The third kappa shape index (κ3) is 5.52. The minimum absolute atomic E-state index is 0.0676. The molecule has 170 valence electrons. The van der Waals surface area contributed by atoms with Crippen LogP contribution >= 0.6 is 11.6 Å². The van der Waals surface area contributed by atoms with Crippen LogP contribution in [-0.2, 0) is 20.9 Å². The van der Waals surface area contributed by atoms with Gasteiger partial charge in [0.15, 0.2) is 5.78 Å². The van der Waals surface area contributed by atoms with Gasteiger partial charge in [0.05, 0.1) is 19.6 Å². The van der Waals surface area contributed by atoms with Crippen molar-refractivity contribution in [2.24, 2.45) is 11.5 Å². The summed E-state index contributed by atoms with van der Waals surface area (Å²) in [4.78, 5) is 41.1. The molecule has 0 spiro atoms. The molecule has 1 heterocycles. The van der Waals surface area contributed by atoms with Gasteiger partial charge in [-0.05, 0) is 38.5 Å². The van der Waals surface area contributed by atoms with Crippen LogP contribution in [0.3, 0.4) is 0 Å². The van der Waals surface area contributed by atoms with E-state index >= 15 is 0 Å². The maximum Gasteiger partial charge on any atom is 0.264 e. The minimum atomic E-state index is -1.44. The van der Waals surface area contributed by atoms with Gasteiger partial charge in [0.2, 0.25) is 12.3 Å². The van der Waals surface area contributed by atoms with E-state index < -0.39 is 29.8 Å². The molecular formula is C20H27ClFN5O4. The average Bonchev–Trinajstić information content (AvgIpc) is 2.66. The first kappa shape index (κ1) is 24.6. The smallest absolute Gasteiger partial charge is 0.264 e. The van der Waals surface area contributed by atoms with E-state index in [0.29, 0.717) is 5.56 Å². The molecule has 1 atom stereocenters. The van der Waals surface area contributed by atoms with Gasteiger partial charge in [-0.3, -0.25) is 24.2 Å². The number of Topliss-reactive ketones (excluding diaryl/α,β-unsaturated/α-hetero) is 1. The van der Waals surface area contributed by atoms with Crippen molar-refractivity contribution >= 4 is 29.2 Å². The summed E-state index contributed by atoms with van der Waals surface area (Å²) >= 11 is 6.09. The number of aliphatic hydroxyl groups is 1. The molecule has 0 fully saturated rings. The minimum Gasteiger partial charge on any atom is -0.384 e. The number of likely N-dealkylation sites (N-methyl/N-ethyl adjacent to an activating group) is 1. The van der Waals surface area contributed by atoms with Gasteiger partial charge in [-0.2, -0.15) is 0 Å². The third-order valence-corrected chi connectivity index (χ3v) is 5.36. The number of rotatable bonds is 9. The number of amides is 2. The fraction of sp³-hybridized carbons (Fsp3) is 0.450. The summed E-state index contributed by atoms with van der Waals surface area (Å²) in [6, 6.07) is 3.56. The number of hydrogen-bond acceptors (Lipinski definition) is 7. The lowest BCUT2D eigenvalue weighted by molar-refractivity contribution is -0.158. The fourth-order valence-corrected chi connectivity index (χ4v) is 3.48. The number of ketones is 1. The third-order valence-electron chi connectivity index (χ3n) is 5.01. The van der Waals surface area contributed by atoms with Crippen molar-refractivity contribution in [3.05, 3.63) is 46.0 Å². The first-order valence-corrected chi connectivity index (χ1v) is 10.1. The highest BCUT2D eigenvalue weighted by atomic mass is 35.5. The molecule has 5 N–H and O–H groups in total. The maximum atomic E-state index is 13.4. The normalized spacial score (nSPS) is 17.2. The summed E-state index contributed by atoms with van der Waals surface area (Å²) in [5.74, 6) is -2.70. The van der Waals surface area contributed by atoms with Crippen molar-refractivity contribution in [2.75, 3.05) is 19.6 Å². The van der Waals surface area contributed by atoms with Gasteiger partial charge in [0.25, 0.3) is 5.91 Å². The number of hydrogen-bond donors (Lipinski definition) is 3. The number of nitrogens with zero attached hydrogens (tertiary/aromatic N) is 3. The van der Waals surface area contributed by atoms with Crippen LogP contribution in [0, 0.1) is 5.82 Å². The molecule has 2 amide bonds. The van der Waals surface area contributed by atoms with E-state index in [1.165, 1.54) is 21.9 Å². The summed E-state index contributed by atoms with van der Waals surface area (Å²) in [6.45, 7) is 4.81. The molecule has 1 aromatic carbocycles. The molecule has 0 aromatic heterocycles. The predicted octanol–water partition coefficient (Wildman–Crippen LogP) is 0.354. The molecule has 2 rings (SSSR count). The molecule has 1 unspecified atom stereocenters. The number of carbonyl (C=O) groups excluding carboxylic acids is 3. The van der Waals surface area contributed by atoms with E-state index in [9.17, 15) is 23.9 Å². The largest absolute Gasteiger partial charge is 0.384 e. The van der Waals surface area contributed by atoms with Gasteiger partial charge in [-0.1, -0.05) is 17.7 Å². The zero-order valence-corrected chi connectivity index (χ0v) is 18.4. The first-order valence-electron chi connectivity index (χ1n) is 9.72. The Bertz CT molecular complexity index is 908. The van der Waals surface area contributed by atoms with Crippen LogP contribution in [0.5, 0.6) is 0 Å². The fourth-order valence-electron chi connectivity index (χ4n) is 3.25. The molecule has 0 saturated carbocycles. The summed E-state index contributed by atoms with van der Waals surface area (Å²) in [7, 11) is 0. The molecule has 0 radical (unpaired) electrons. The highest BCUT2D eigenvalue weighted by molar-refractivity contribution is 6.31. The highest BCUT2D eigenvalue weighted by Crippen LogP contribution is 2.27. The lowest BCUT2D eigenvalue weighted by Crippen LogP contribution is -2.58. The van der Waals surface area contributed by atoms with Crippen LogP contribution in [-0.4, -0.2) is 69.4 Å². The Morgan fingerprint density at radius 2 is 1.94 bits per heavy atom.